The Balaban J connectivity index is 0.000000637. The highest BCUT2D eigenvalue weighted by Crippen LogP contribution is 2.54. The molecule has 2 aliphatic carbocycles. The van der Waals surface area contributed by atoms with Crippen molar-refractivity contribution in [3.63, 3.8) is 0 Å². The Morgan fingerprint density at radius 2 is 0.949 bits per heavy atom. The number of amides is 2. The molecule has 6 aliphatic rings. The van der Waals surface area contributed by atoms with Gasteiger partial charge in [0.1, 0.15) is 0 Å². The van der Waals surface area contributed by atoms with E-state index in [4.69, 9.17) is 9.90 Å². The first-order valence-electron chi connectivity index (χ1n) is 22.2. The van der Waals surface area contributed by atoms with Crippen molar-refractivity contribution in [3.8, 4) is 0 Å². The summed E-state index contributed by atoms with van der Waals surface area (Å²) < 4.78 is 31.7. The lowest BCUT2D eigenvalue weighted by Crippen LogP contribution is -2.43. The highest BCUT2D eigenvalue weighted by Gasteiger charge is 2.45. The van der Waals surface area contributed by atoms with E-state index < -0.39 is 18.1 Å². The first-order chi connectivity index (χ1) is 28.5. The molecule has 9 rings (SSSR count). The van der Waals surface area contributed by atoms with Crippen LogP contribution in [-0.2, 0) is 14.4 Å². The first kappa shape index (κ1) is 41.5. The third kappa shape index (κ3) is 9.41. The van der Waals surface area contributed by atoms with Crippen LogP contribution in [0.1, 0.15) is 154 Å². The minimum absolute atomic E-state index is 0.0120. The number of fused-ring (bicyclic) bond motifs is 10. The van der Waals surface area contributed by atoms with E-state index in [0.29, 0.717) is 24.2 Å². The molecular formula is C48H59F3N4O4. The van der Waals surface area contributed by atoms with Gasteiger partial charge in [0.05, 0.1) is 5.92 Å². The third-order valence-corrected chi connectivity index (χ3v) is 14.6. The van der Waals surface area contributed by atoms with Crippen molar-refractivity contribution >= 4 is 17.8 Å². The summed E-state index contributed by atoms with van der Waals surface area (Å²) in [4.78, 5) is 41.8. The molecular weight excluding hydrogens is 754 g/mol. The molecule has 2 saturated heterocycles. The molecule has 3 aromatic rings. The van der Waals surface area contributed by atoms with Gasteiger partial charge in [0.2, 0.25) is 11.8 Å². The standard InChI is InChI=1S/C46H58N4O2.C2HF3O2/c51-45(47-34-18-14-31(15-19-34)26-28-49-41-22-23-42(49)37-11-5-4-10-36(37)41)30-40(33-8-2-1-3-9-33)46(52)48-35-20-16-32(17-21-35)27-29-50-43-24-25-44(50)39-13-7-6-12-38(39)43;3-2(4,5)1(6)7/h1-13,31-32,34-35,40-44H,14-30H2,(H,47,51)(H,48,52);(H,6,7)/t31?,32?,34?,35?,40?,41-,42+,43-,44+;. The Labute approximate surface area is 346 Å². The van der Waals surface area contributed by atoms with Crippen LogP contribution >= 0.6 is 0 Å². The van der Waals surface area contributed by atoms with Gasteiger partial charge in [-0.05, 0) is 143 Å². The summed E-state index contributed by atoms with van der Waals surface area (Å²) in [7, 11) is 0. The largest absolute Gasteiger partial charge is 0.490 e. The van der Waals surface area contributed by atoms with E-state index in [1.54, 1.807) is 22.3 Å². The van der Waals surface area contributed by atoms with Crippen molar-refractivity contribution in [2.24, 2.45) is 11.8 Å². The summed E-state index contributed by atoms with van der Waals surface area (Å²) in [6.07, 6.45) is 11.7. The van der Waals surface area contributed by atoms with Gasteiger partial charge >= 0.3 is 12.1 Å². The average Bonchev–Trinajstić information content (AvgIpc) is 4.01. The van der Waals surface area contributed by atoms with Gasteiger partial charge in [-0.3, -0.25) is 19.4 Å². The zero-order chi connectivity index (χ0) is 41.1. The van der Waals surface area contributed by atoms with E-state index in [-0.39, 0.29) is 30.3 Å². The molecule has 0 spiro atoms. The maximum Gasteiger partial charge on any atom is 0.490 e. The van der Waals surface area contributed by atoms with Gasteiger partial charge in [-0.15, -0.1) is 0 Å². The number of carboxylic acids is 1. The van der Waals surface area contributed by atoms with Crippen LogP contribution in [0.15, 0.2) is 78.9 Å². The molecule has 5 atom stereocenters. The van der Waals surface area contributed by atoms with Crippen LogP contribution in [-0.4, -0.2) is 64.0 Å². The van der Waals surface area contributed by atoms with Crippen LogP contribution in [0.2, 0.25) is 0 Å². The van der Waals surface area contributed by atoms with E-state index >= 15 is 0 Å². The van der Waals surface area contributed by atoms with E-state index in [1.807, 2.05) is 30.3 Å². The lowest BCUT2D eigenvalue weighted by Gasteiger charge is -2.32. The number of nitrogens with one attached hydrogen (secondary N) is 2. The second-order valence-corrected chi connectivity index (χ2v) is 18.0. The molecule has 316 valence electrons. The quantitative estimate of drug-likeness (QED) is 0.169. The molecule has 59 heavy (non-hydrogen) atoms. The van der Waals surface area contributed by atoms with Crippen LogP contribution < -0.4 is 10.6 Å². The number of alkyl halides is 3. The molecule has 1 unspecified atom stereocenters. The summed E-state index contributed by atoms with van der Waals surface area (Å²) in [5.41, 5.74) is 7.22. The second kappa shape index (κ2) is 18.2. The minimum Gasteiger partial charge on any atom is -0.475 e. The van der Waals surface area contributed by atoms with Crippen LogP contribution in [0, 0.1) is 11.8 Å². The molecule has 8 nitrogen and oxygen atoms in total. The van der Waals surface area contributed by atoms with Crippen molar-refractivity contribution in [2.75, 3.05) is 13.1 Å². The predicted octanol–water partition coefficient (Wildman–Crippen LogP) is 9.71. The predicted molar refractivity (Wildman–Crippen MR) is 220 cm³/mol. The fraction of sp³-hybridized carbons (Fsp3) is 0.562. The van der Waals surface area contributed by atoms with Crippen molar-refractivity contribution in [1.82, 2.24) is 20.4 Å². The number of hydrogen-bond donors (Lipinski definition) is 3. The molecule has 4 aliphatic heterocycles. The third-order valence-electron chi connectivity index (χ3n) is 14.6. The van der Waals surface area contributed by atoms with Crippen LogP contribution in [0.3, 0.4) is 0 Å². The summed E-state index contributed by atoms with van der Waals surface area (Å²) in [6.45, 7) is 2.38. The molecule has 3 aromatic carbocycles. The summed E-state index contributed by atoms with van der Waals surface area (Å²) in [5, 5.41) is 13.9. The van der Waals surface area contributed by atoms with Crippen LogP contribution in [0.5, 0.6) is 0 Å². The molecule has 4 fully saturated rings. The van der Waals surface area contributed by atoms with Gasteiger partial charge in [0.15, 0.2) is 0 Å². The van der Waals surface area contributed by atoms with Gasteiger partial charge in [0, 0.05) is 42.7 Å². The first-order valence-corrected chi connectivity index (χ1v) is 22.2. The number of benzene rings is 3. The summed E-state index contributed by atoms with van der Waals surface area (Å²) in [6, 6.07) is 31.1. The van der Waals surface area contributed by atoms with Crippen molar-refractivity contribution in [3.05, 3.63) is 107 Å². The zero-order valence-corrected chi connectivity index (χ0v) is 33.9. The maximum atomic E-state index is 13.9. The van der Waals surface area contributed by atoms with E-state index in [1.165, 1.54) is 77.3 Å². The average molecular weight is 813 g/mol. The SMILES string of the molecule is O=C(CC(C(=O)NC1CCC(CCN2[C@@H]3CC[C@H]2c2ccccc23)CC1)c1ccccc1)NC1CCC(CCN2[C@@H]3CC[C@H]2c2ccccc23)CC1.O=C(O)C(F)(F)F. The molecule has 3 N–H and O–H groups in total. The molecule has 0 aromatic heterocycles. The molecule has 2 saturated carbocycles. The van der Waals surface area contributed by atoms with Gasteiger partial charge in [-0.1, -0.05) is 78.9 Å². The normalized spacial score (nSPS) is 28.9. The number of hydrogen-bond acceptors (Lipinski definition) is 5. The lowest BCUT2D eigenvalue weighted by molar-refractivity contribution is -0.192. The van der Waals surface area contributed by atoms with E-state index in [0.717, 1.165) is 43.1 Å². The Bertz CT molecular complexity index is 1860. The molecule has 11 heteroatoms. The number of halogens is 3. The topological polar surface area (TPSA) is 102 Å². The summed E-state index contributed by atoms with van der Waals surface area (Å²) >= 11 is 0. The van der Waals surface area contributed by atoms with Crippen molar-refractivity contribution in [1.29, 1.82) is 0 Å². The number of carbonyl (C=O) groups is 3. The Kier molecular flexibility index (Phi) is 12.8. The number of nitrogens with zero attached hydrogens (tertiary/aromatic N) is 2. The van der Waals surface area contributed by atoms with Crippen molar-refractivity contribution < 1.29 is 32.7 Å². The Morgan fingerprint density at radius 1 is 0.576 bits per heavy atom. The number of aliphatic carboxylic acids is 1. The summed E-state index contributed by atoms with van der Waals surface area (Å²) in [5.74, 6) is -1.72. The van der Waals surface area contributed by atoms with E-state index in [9.17, 15) is 22.8 Å². The van der Waals surface area contributed by atoms with Crippen molar-refractivity contribution in [2.45, 2.75) is 145 Å². The number of rotatable bonds is 12. The second-order valence-electron chi connectivity index (χ2n) is 18.0. The van der Waals surface area contributed by atoms with Gasteiger partial charge in [-0.2, -0.15) is 13.2 Å². The maximum absolute atomic E-state index is 13.9. The molecule has 4 heterocycles. The van der Waals surface area contributed by atoms with E-state index in [2.05, 4.69) is 69.0 Å². The zero-order valence-electron chi connectivity index (χ0n) is 33.9. The highest BCUT2D eigenvalue weighted by molar-refractivity contribution is 5.90. The van der Waals surface area contributed by atoms with Crippen LogP contribution in [0.4, 0.5) is 13.2 Å². The molecule has 4 bridgehead atoms. The minimum atomic E-state index is -5.08. The lowest BCUT2D eigenvalue weighted by atomic mass is 9.83. The van der Waals surface area contributed by atoms with Crippen LogP contribution in [0.25, 0.3) is 0 Å². The van der Waals surface area contributed by atoms with Gasteiger partial charge in [0.25, 0.3) is 0 Å². The number of carbonyl (C=O) groups excluding carboxylic acids is 2. The fourth-order valence-electron chi connectivity index (χ4n) is 11.6. The van der Waals surface area contributed by atoms with Gasteiger partial charge < -0.3 is 15.7 Å². The Morgan fingerprint density at radius 3 is 1.34 bits per heavy atom. The highest BCUT2D eigenvalue weighted by atomic mass is 19.4. The number of carboxylic acid groups (broad SMARTS) is 1. The Hall–Kier alpha value is -4.22. The van der Waals surface area contributed by atoms with Gasteiger partial charge in [-0.25, -0.2) is 4.79 Å². The molecule has 2 amide bonds. The monoisotopic (exact) mass is 812 g/mol. The fourth-order valence-corrected chi connectivity index (χ4v) is 11.6. The smallest absolute Gasteiger partial charge is 0.475 e. The molecule has 0 radical (unpaired) electrons.